The SMILES string of the molecule is CCC(CC(C(C)=O)c1ccccc1)C(=O)OC. The molecule has 3 nitrogen and oxygen atoms in total. The monoisotopic (exact) mass is 248 g/mol. The lowest BCUT2D eigenvalue weighted by molar-refractivity contribution is -0.146. The predicted molar refractivity (Wildman–Crippen MR) is 70.3 cm³/mol. The molecule has 2 atom stereocenters. The van der Waals surface area contributed by atoms with Crippen LogP contribution in [0.15, 0.2) is 30.3 Å². The number of hydrogen-bond donors (Lipinski definition) is 0. The molecule has 0 heterocycles. The second kappa shape index (κ2) is 6.94. The summed E-state index contributed by atoms with van der Waals surface area (Å²) in [5, 5.41) is 0. The van der Waals surface area contributed by atoms with Gasteiger partial charge in [-0.25, -0.2) is 0 Å². The first kappa shape index (κ1) is 14.4. The van der Waals surface area contributed by atoms with Gasteiger partial charge >= 0.3 is 5.97 Å². The quantitative estimate of drug-likeness (QED) is 0.727. The number of benzene rings is 1. The highest BCUT2D eigenvalue weighted by atomic mass is 16.5. The minimum absolute atomic E-state index is 0.0866. The summed E-state index contributed by atoms with van der Waals surface area (Å²) in [6, 6.07) is 9.58. The van der Waals surface area contributed by atoms with Gasteiger partial charge in [0, 0.05) is 5.92 Å². The average Bonchev–Trinajstić information content (AvgIpc) is 2.39. The van der Waals surface area contributed by atoms with Gasteiger partial charge in [0.1, 0.15) is 5.78 Å². The molecule has 0 aromatic heterocycles. The van der Waals surface area contributed by atoms with E-state index in [1.807, 2.05) is 37.3 Å². The van der Waals surface area contributed by atoms with Crippen LogP contribution >= 0.6 is 0 Å². The van der Waals surface area contributed by atoms with Crippen LogP contribution in [0.5, 0.6) is 0 Å². The van der Waals surface area contributed by atoms with Crippen molar-refractivity contribution in [3.63, 3.8) is 0 Å². The normalized spacial score (nSPS) is 13.7. The molecule has 1 aromatic carbocycles. The molecule has 1 rings (SSSR count). The smallest absolute Gasteiger partial charge is 0.308 e. The number of hydrogen-bond acceptors (Lipinski definition) is 3. The van der Waals surface area contributed by atoms with E-state index in [0.29, 0.717) is 12.8 Å². The first-order valence-electron chi connectivity index (χ1n) is 6.23. The Morgan fingerprint density at radius 3 is 2.28 bits per heavy atom. The summed E-state index contributed by atoms with van der Waals surface area (Å²) in [5.74, 6) is -0.595. The van der Waals surface area contributed by atoms with E-state index in [1.165, 1.54) is 7.11 Å². The molecule has 0 spiro atoms. The third-order valence-corrected chi connectivity index (χ3v) is 3.24. The first-order valence-corrected chi connectivity index (χ1v) is 6.23. The topological polar surface area (TPSA) is 43.4 Å². The standard InChI is InChI=1S/C15H20O3/c1-4-12(15(17)18-3)10-14(11(2)16)13-8-6-5-7-9-13/h5-9,12,14H,4,10H2,1-3H3. The lowest BCUT2D eigenvalue weighted by atomic mass is 9.85. The van der Waals surface area contributed by atoms with E-state index in [1.54, 1.807) is 6.92 Å². The molecular weight excluding hydrogens is 228 g/mol. The van der Waals surface area contributed by atoms with E-state index in [0.717, 1.165) is 5.56 Å². The number of rotatable bonds is 6. The first-order chi connectivity index (χ1) is 8.60. The highest BCUT2D eigenvalue weighted by Crippen LogP contribution is 2.27. The Morgan fingerprint density at radius 2 is 1.83 bits per heavy atom. The van der Waals surface area contributed by atoms with Gasteiger partial charge in [0.25, 0.3) is 0 Å². The van der Waals surface area contributed by atoms with E-state index in [2.05, 4.69) is 0 Å². The van der Waals surface area contributed by atoms with Crippen molar-refractivity contribution >= 4 is 11.8 Å². The van der Waals surface area contributed by atoms with Crippen LogP contribution in [0.3, 0.4) is 0 Å². The second-order valence-electron chi connectivity index (χ2n) is 4.44. The predicted octanol–water partition coefficient (Wildman–Crippen LogP) is 2.95. The van der Waals surface area contributed by atoms with E-state index < -0.39 is 0 Å². The molecule has 0 saturated carbocycles. The van der Waals surface area contributed by atoms with Crippen LogP contribution in [0.1, 0.15) is 38.2 Å². The molecule has 0 aliphatic heterocycles. The highest BCUT2D eigenvalue weighted by molar-refractivity contribution is 5.84. The second-order valence-corrected chi connectivity index (χ2v) is 4.44. The Hall–Kier alpha value is -1.64. The summed E-state index contributed by atoms with van der Waals surface area (Å²) in [5.41, 5.74) is 0.965. The van der Waals surface area contributed by atoms with Crippen molar-refractivity contribution in [2.24, 2.45) is 5.92 Å². The Bertz CT molecular complexity index is 397. The number of Topliss-reactive ketones (excluding diaryl/α,β-unsaturated/α-hetero) is 1. The van der Waals surface area contributed by atoms with Crippen molar-refractivity contribution in [3.05, 3.63) is 35.9 Å². The van der Waals surface area contributed by atoms with Crippen LogP contribution in [0, 0.1) is 5.92 Å². The third-order valence-electron chi connectivity index (χ3n) is 3.24. The molecule has 0 saturated heterocycles. The zero-order chi connectivity index (χ0) is 13.5. The summed E-state index contributed by atoms with van der Waals surface area (Å²) in [6.45, 7) is 3.51. The number of ether oxygens (including phenoxy) is 1. The van der Waals surface area contributed by atoms with Crippen molar-refractivity contribution in [2.75, 3.05) is 7.11 Å². The minimum atomic E-state index is -0.236. The van der Waals surface area contributed by atoms with Crippen LogP contribution < -0.4 is 0 Å². The summed E-state index contributed by atoms with van der Waals surface area (Å²) >= 11 is 0. The number of methoxy groups -OCH3 is 1. The molecule has 0 fully saturated rings. The van der Waals surface area contributed by atoms with Gasteiger partial charge in [-0.15, -0.1) is 0 Å². The van der Waals surface area contributed by atoms with Gasteiger partial charge < -0.3 is 4.74 Å². The van der Waals surface area contributed by atoms with Crippen molar-refractivity contribution in [2.45, 2.75) is 32.6 Å². The molecule has 0 aliphatic carbocycles. The fourth-order valence-corrected chi connectivity index (χ4v) is 2.10. The maximum absolute atomic E-state index is 11.8. The molecule has 2 unspecified atom stereocenters. The van der Waals surface area contributed by atoms with Crippen LogP contribution in [-0.2, 0) is 14.3 Å². The van der Waals surface area contributed by atoms with Gasteiger partial charge in [-0.3, -0.25) is 9.59 Å². The van der Waals surface area contributed by atoms with E-state index in [-0.39, 0.29) is 23.6 Å². The van der Waals surface area contributed by atoms with Crippen LogP contribution in [0.2, 0.25) is 0 Å². The fourth-order valence-electron chi connectivity index (χ4n) is 2.10. The Kier molecular flexibility index (Phi) is 5.56. The maximum atomic E-state index is 11.8. The van der Waals surface area contributed by atoms with Crippen LogP contribution in [0.25, 0.3) is 0 Å². The lowest BCUT2D eigenvalue weighted by Gasteiger charge is -2.19. The molecule has 1 aromatic rings. The van der Waals surface area contributed by atoms with Gasteiger partial charge in [-0.05, 0) is 25.3 Å². The average molecular weight is 248 g/mol. The number of carbonyl (C=O) groups is 2. The van der Waals surface area contributed by atoms with E-state index in [4.69, 9.17) is 4.74 Å². The van der Waals surface area contributed by atoms with Crippen molar-refractivity contribution in [3.8, 4) is 0 Å². The highest BCUT2D eigenvalue weighted by Gasteiger charge is 2.25. The van der Waals surface area contributed by atoms with Crippen LogP contribution in [0.4, 0.5) is 0 Å². The fraction of sp³-hybridized carbons (Fsp3) is 0.467. The van der Waals surface area contributed by atoms with Crippen molar-refractivity contribution < 1.29 is 14.3 Å². The molecule has 3 heteroatoms. The van der Waals surface area contributed by atoms with Gasteiger partial charge in [0.2, 0.25) is 0 Å². The van der Waals surface area contributed by atoms with Gasteiger partial charge in [0.15, 0.2) is 0 Å². The Labute approximate surface area is 108 Å². The van der Waals surface area contributed by atoms with Crippen molar-refractivity contribution in [1.29, 1.82) is 0 Å². The molecule has 0 aliphatic rings. The molecule has 0 amide bonds. The van der Waals surface area contributed by atoms with E-state index >= 15 is 0 Å². The zero-order valence-electron chi connectivity index (χ0n) is 11.2. The number of esters is 1. The minimum Gasteiger partial charge on any atom is -0.469 e. The van der Waals surface area contributed by atoms with Gasteiger partial charge in [-0.2, -0.15) is 0 Å². The van der Waals surface area contributed by atoms with E-state index in [9.17, 15) is 9.59 Å². The Balaban J connectivity index is 2.87. The molecule has 0 bridgehead atoms. The van der Waals surface area contributed by atoms with Gasteiger partial charge in [-0.1, -0.05) is 37.3 Å². The largest absolute Gasteiger partial charge is 0.469 e. The van der Waals surface area contributed by atoms with Crippen molar-refractivity contribution in [1.82, 2.24) is 0 Å². The summed E-state index contributed by atoms with van der Waals surface area (Å²) in [7, 11) is 1.39. The summed E-state index contributed by atoms with van der Waals surface area (Å²) in [6.07, 6.45) is 1.20. The van der Waals surface area contributed by atoms with Crippen LogP contribution in [-0.4, -0.2) is 18.9 Å². The van der Waals surface area contributed by atoms with Gasteiger partial charge in [0.05, 0.1) is 13.0 Å². The maximum Gasteiger partial charge on any atom is 0.308 e. The third kappa shape index (κ3) is 3.69. The number of carbonyl (C=O) groups excluding carboxylic acids is 2. The summed E-state index contributed by atoms with van der Waals surface area (Å²) < 4.78 is 4.77. The summed E-state index contributed by atoms with van der Waals surface area (Å²) in [4.78, 5) is 23.4. The molecular formula is C15H20O3. The molecule has 18 heavy (non-hydrogen) atoms. The molecule has 98 valence electrons. The molecule has 0 radical (unpaired) electrons. The Morgan fingerprint density at radius 1 is 1.22 bits per heavy atom. The molecule has 0 N–H and O–H groups in total. The number of ketones is 1. The zero-order valence-corrected chi connectivity index (χ0v) is 11.2. The lowest BCUT2D eigenvalue weighted by Crippen LogP contribution is -2.21.